The first kappa shape index (κ1) is 18.2. The molecule has 0 amide bonds. The Morgan fingerprint density at radius 2 is 1.88 bits per heavy atom. The molecule has 0 bridgehead atoms. The topological polar surface area (TPSA) is 153 Å². The van der Waals surface area contributed by atoms with Gasteiger partial charge in [0.15, 0.2) is 0 Å². The molecule has 2 rings (SSSR count). The van der Waals surface area contributed by atoms with Crippen molar-refractivity contribution in [2.45, 2.75) is 39.2 Å². The summed E-state index contributed by atoms with van der Waals surface area (Å²) in [6.07, 6.45) is 5.63. The fourth-order valence-electron chi connectivity index (χ4n) is 2.23. The molecule has 0 fully saturated rings. The molecule has 2 heterocycles. The summed E-state index contributed by atoms with van der Waals surface area (Å²) in [7, 11) is 0. The maximum absolute atomic E-state index is 11.9. The minimum Gasteiger partial charge on any atom is -0.494 e. The van der Waals surface area contributed by atoms with Crippen molar-refractivity contribution in [1.82, 2.24) is 19.5 Å². The molecule has 0 unspecified atom stereocenters. The highest BCUT2D eigenvalue weighted by Crippen LogP contribution is 2.11. The van der Waals surface area contributed by atoms with Gasteiger partial charge in [0.1, 0.15) is 11.3 Å². The molecule has 25 heavy (non-hydrogen) atoms. The normalized spacial score (nSPS) is 11.2. The molecule has 0 saturated heterocycles. The van der Waals surface area contributed by atoms with Gasteiger partial charge in [0.05, 0.1) is 0 Å². The summed E-state index contributed by atoms with van der Waals surface area (Å²) in [6, 6.07) is 0. The fourth-order valence-corrected chi connectivity index (χ4v) is 2.23. The number of aromatic hydroxyl groups is 1. The highest BCUT2D eigenvalue weighted by atomic mass is 16.3. The van der Waals surface area contributed by atoms with Crippen molar-refractivity contribution in [3.8, 4) is 5.88 Å². The molecular weight excluding hydrogens is 330 g/mol. The third-order valence-corrected chi connectivity index (χ3v) is 3.57. The van der Waals surface area contributed by atoms with Crippen LogP contribution in [0.25, 0.3) is 0 Å². The van der Waals surface area contributed by atoms with Gasteiger partial charge >= 0.3 is 11.4 Å². The van der Waals surface area contributed by atoms with Crippen LogP contribution in [-0.4, -0.2) is 30.8 Å². The molecule has 2 aromatic heterocycles. The summed E-state index contributed by atoms with van der Waals surface area (Å²) in [6.45, 7) is 2.30. The Hall–Kier alpha value is -3.17. The van der Waals surface area contributed by atoms with Crippen LogP contribution in [0.1, 0.15) is 38.2 Å². The molecule has 2 aromatic rings. The third kappa shape index (κ3) is 4.43. The molecule has 10 nitrogen and oxygen atoms in total. The molecule has 0 atom stereocenters. The first-order chi connectivity index (χ1) is 11.9. The second-order valence-electron chi connectivity index (χ2n) is 5.42. The van der Waals surface area contributed by atoms with Crippen LogP contribution in [0.2, 0.25) is 0 Å². The zero-order valence-electron chi connectivity index (χ0n) is 13.7. The van der Waals surface area contributed by atoms with E-state index in [-0.39, 0.29) is 17.8 Å². The molecule has 0 aromatic carbocycles. The average molecular weight is 349 g/mol. The Morgan fingerprint density at radius 3 is 2.56 bits per heavy atom. The maximum atomic E-state index is 11.9. The van der Waals surface area contributed by atoms with Gasteiger partial charge in [-0.05, 0) is 6.42 Å². The van der Waals surface area contributed by atoms with Gasteiger partial charge in [0.2, 0.25) is 5.88 Å². The third-order valence-electron chi connectivity index (χ3n) is 3.57. The fraction of sp³-hybridized carbons (Fsp3) is 0.400. The maximum Gasteiger partial charge on any atom is 0.331 e. The molecule has 10 heteroatoms. The number of rotatable bonds is 7. The number of H-pyrrole nitrogens is 3. The number of hydrogen-bond donors (Lipinski definition) is 4. The van der Waals surface area contributed by atoms with E-state index in [0.29, 0.717) is 6.42 Å². The smallest absolute Gasteiger partial charge is 0.331 e. The van der Waals surface area contributed by atoms with Crippen LogP contribution in [0.4, 0.5) is 5.69 Å². The molecular formula is C15H19N5O5. The zero-order valence-corrected chi connectivity index (χ0v) is 13.7. The number of aromatic nitrogens is 4. The highest BCUT2D eigenvalue weighted by molar-refractivity contribution is 5.83. The lowest BCUT2D eigenvalue weighted by Crippen LogP contribution is -2.32. The molecule has 0 spiro atoms. The van der Waals surface area contributed by atoms with Crippen molar-refractivity contribution >= 4 is 11.9 Å². The SMILES string of the molecule is CCCCCCn1c(O)c(C=Nc2c[nH]c(=O)[nH]c2=O)c(=O)[nH]c1=O. The van der Waals surface area contributed by atoms with Crippen molar-refractivity contribution < 1.29 is 5.11 Å². The Balaban J connectivity index is 2.35. The van der Waals surface area contributed by atoms with Crippen molar-refractivity contribution in [3.63, 3.8) is 0 Å². The second kappa shape index (κ2) is 8.08. The summed E-state index contributed by atoms with van der Waals surface area (Å²) in [5, 5.41) is 10.2. The van der Waals surface area contributed by atoms with Gasteiger partial charge < -0.3 is 10.1 Å². The van der Waals surface area contributed by atoms with Crippen LogP contribution in [0.3, 0.4) is 0 Å². The van der Waals surface area contributed by atoms with Crippen LogP contribution in [-0.2, 0) is 6.54 Å². The summed E-state index contributed by atoms with van der Waals surface area (Å²) in [5.41, 5.74) is -3.37. The first-order valence-corrected chi connectivity index (χ1v) is 7.86. The summed E-state index contributed by atoms with van der Waals surface area (Å²) >= 11 is 0. The van der Waals surface area contributed by atoms with Gasteiger partial charge in [0, 0.05) is 19.0 Å². The van der Waals surface area contributed by atoms with Crippen molar-refractivity contribution in [2.75, 3.05) is 0 Å². The number of nitrogens with one attached hydrogen (secondary N) is 3. The number of aliphatic imine (C=N–C) groups is 1. The Morgan fingerprint density at radius 1 is 1.12 bits per heavy atom. The van der Waals surface area contributed by atoms with Crippen LogP contribution in [0.5, 0.6) is 5.88 Å². The predicted octanol–water partition coefficient (Wildman–Crippen LogP) is -0.0503. The molecule has 134 valence electrons. The monoisotopic (exact) mass is 349 g/mol. The van der Waals surface area contributed by atoms with Crippen molar-refractivity contribution in [3.05, 3.63) is 53.4 Å². The Bertz CT molecular complexity index is 995. The zero-order chi connectivity index (χ0) is 18.4. The molecule has 4 N–H and O–H groups in total. The van der Waals surface area contributed by atoms with E-state index >= 15 is 0 Å². The van der Waals surface area contributed by atoms with E-state index < -0.39 is 28.4 Å². The average Bonchev–Trinajstić information content (AvgIpc) is 2.55. The van der Waals surface area contributed by atoms with Gasteiger partial charge in [-0.3, -0.25) is 24.1 Å². The number of unbranched alkanes of at least 4 members (excludes halogenated alkanes) is 3. The highest BCUT2D eigenvalue weighted by Gasteiger charge is 2.12. The number of hydrogen-bond acceptors (Lipinski definition) is 6. The van der Waals surface area contributed by atoms with Gasteiger partial charge in [-0.2, -0.15) is 0 Å². The Labute approximate surface area is 140 Å². The van der Waals surface area contributed by atoms with Crippen LogP contribution >= 0.6 is 0 Å². The van der Waals surface area contributed by atoms with E-state index in [9.17, 15) is 24.3 Å². The van der Waals surface area contributed by atoms with E-state index in [1.807, 2.05) is 4.98 Å². The molecule has 0 saturated carbocycles. The van der Waals surface area contributed by atoms with Crippen LogP contribution in [0.15, 0.2) is 30.4 Å². The second-order valence-corrected chi connectivity index (χ2v) is 5.42. The quantitative estimate of drug-likeness (QED) is 0.408. The van der Waals surface area contributed by atoms with E-state index in [1.165, 1.54) is 0 Å². The van der Waals surface area contributed by atoms with E-state index in [2.05, 4.69) is 21.9 Å². The van der Waals surface area contributed by atoms with Crippen molar-refractivity contribution in [2.24, 2.45) is 4.99 Å². The summed E-state index contributed by atoms with van der Waals surface area (Å²) in [5.74, 6) is -0.519. The van der Waals surface area contributed by atoms with Gasteiger partial charge in [-0.25, -0.2) is 14.6 Å². The van der Waals surface area contributed by atoms with Gasteiger partial charge in [0.25, 0.3) is 11.1 Å². The van der Waals surface area contributed by atoms with Crippen LogP contribution in [0, 0.1) is 0 Å². The molecule has 0 aliphatic rings. The summed E-state index contributed by atoms with van der Waals surface area (Å²) < 4.78 is 1.05. The lowest BCUT2D eigenvalue weighted by atomic mass is 10.2. The van der Waals surface area contributed by atoms with Gasteiger partial charge in [-0.1, -0.05) is 26.2 Å². The molecule has 0 aliphatic heterocycles. The molecule has 0 aliphatic carbocycles. The number of aromatic amines is 3. The lowest BCUT2D eigenvalue weighted by Gasteiger charge is -2.09. The minimum absolute atomic E-state index is 0.154. The summed E-state index contributed by atoms with van der Waals surface area (Å²) in [4.78, 5) is 56.4. The predicted molar refractivity (Wildman–Crippen MR) is 92.1 cm³/mol. The molecule has 0 radical (unpaired) electrons. The van der Waals surface area contributed by atoms with E-state index in [1.54, 1.807) is 0 Å². The minimum atomic E-state index is -0.822. The Kier molecular flexibility index (Phi) is 5.88. The van der Waals surface area contributed by atoms with E-state index in [0.717, 1.165) is 36.2 Å². The first-order valence-electron chi connectivity index (χ1n) is 7.86. The van der Waals surface area contributed by atoms with Crippen LogP contribution < -0.4 is 22.5 Å². The number of nitrogens with zero attached hydrogens (tertiary/aromatic N) is 2. The van der Waals surface area contributed by atoms with Gasteiger partial charge in [-0.15, -0.1) is 0 Å². The van der Waals surface area contributed by atoms with E-state index in [4.69, 9.17) is 0 Å². The lowest BCUT2D eigenvalue weighted by molar-refractivity contribution is 0.392. The largest absolute Gasteiger partial charge is 0.494 e. The standard InChI is InChI=1S/C15H19N5O5/c1-2-3-4-5-6-20-13(23)9(11(21)19-15(20)25)7-16-10-8-17-14(24)18-12(10)22/h7-8,23H,2-6H2,1H3,(H,19,21,25)(H2,17,18,22,24). The van der Waals surface area contributed by atoms with Crippen molar-refractivity contribution in [1.29, 1.82) is 0 Å².